The molecule has 0 aliphatic carbocycles. The average molecular weight is 436 g/mol. The van der Waals surface area contributed by atoms with Gasteiger partial charge in [-0.3, -0.25) is 14.3 Å². The van der Waals surface area contributed by atoms with Crippen LogP contribution in [0.4, 0.5) is 4.39 Å². The second kappa shape index (κ2) is 9.57. The van der Waals surface area contributed by atoms with Gasteiger partial charge in [-0.1, -0.05) is 12.1 Å². The summed E-state index contributed by atoms with van der Waals surface area (Å²) in [6, 6.07) is 6.08. The van der Waals surface area contributed by atoms with Crippen LogP contribution in [-0.2, 0) is 11.8 Å². The Morgan fingerprint density at radius 3 is 2.60 bits per heavy atom. The topological polar surface area (TPSA) is 79.3 Å². The summed E-state index contributed by atoms with van der Waals surface area (Å²) in [5.74, 6) is -0.751. The molecule has 1 aromatic carbocycles. The highest BCUT2D eigenvalue weighted by Gasteiger charge is 2.36. The third-order valence-electron chi connectivity index (χ3n) is 5.94. The minimum Gasteiger partial charge on any atom is -0.353 e. The van der Waals surface area contributed by atoms with Crippen molar-refractivity contribution >= 4 is 24.2 Å². The van der Waals surface area contributed by atoms with E-state index < -0.39 is 5.82 Å². The van der Waals surface area contributed by atoms with Crippen LogP contribution in [0.5, 0.6) is 0 Å². The molecule has 0 bridgehead atoms. The fraction of sp³-hybridized carbons (Fsp3) is 0.476. The van der Waals surface area contributed by atoms with E-state index in [2.05, 4.69) is 15.7 Å². The molecule has 2 amide bonds. The molecule has 2 N–H and O–H groups in total. The molecule has 2 saturated heterocycles. The van der Waals surface area contributed by atoms with Crippen molar-refractivity contribution in [3.63, 3.8) is 0 Å². The maximum atomic E-state index is 13.9. The standard InChI is InChI=1S/C21H26FN5O2.ClH/c1-26-13-14(10-24-26)17-11-23-12-18(17)20(28)25-15-6-8-27(9-7-15)21(29)16-4-2-3-5-19(16)22;/h2-5,10,13,15,17-18,23H,6-9,11-12H2,1H3,(H,25,28);1H/t17-,18+;/m1./s1. The number of carbonyl (C=O) groups is 2. The quantitative estimate of drug-likeness (QED) is 0.766. The number of amides is 2. The van der Waals surface area contributed by atoms with Crippen LogP contribution < -0.4 is 10.6 Å². The number of hydrogen-bond donors (Lipinski definition) is 2. The first kappa shape index (κ1) is 22.2. The van der Waals surface area contributed by atoms with Crippen LogP contribution in [0, 0.1) is 11.7 Å². The van der Waals surface area contributed by atoms with Gasteiger partial charge in [0, 0.05) is 51.4 Å². The maximum Gasteiger partial charge on any atom is 0.256 e. The Labute approximate surface area is 181 Å². The first-order chi connectivity index (χ1) is 14.0. The molecule has 7 nitrogen and oxygen atoms in total. The Bertz CT molecular complexity index is 897. The summed E-state index contributed by atoms with van der Waals surface area (Å²) in [7, 11) is 1.87. The molecule has 4 rings (SSSR count). The van der Waals surface area contributed by atoms with Crippen LogP contribution in [-0.4, -0.2) is 58.7 Å². The SMILES string of the molecule is Cl.Cn1cc([C@H]2CNC[C@@H]2C(=O)NC2CCN(C(=O)c3ccccc3F)CC2)cn1. The fourth-order valence-electron chi connectivity index (χ4n) is 4.28. The van der Waals surface area contributed by atoms with Gasteiger partial charge < -0.3 is 15.5 Å². The Morgan fingerprint density at radius 2 is 1.93 bits per heavy atom. The number of nitrogens with one attached hydrogen (secondary N) is 2. The summed E-state index contributed by atoms with van der Waals surface area (Å²) in [5, 5.41) is 10.7. The number of halogens is 2. The van der Waals surface area contributed by atoms with Crippen LogP contribution in [0.25, 0.3) is 0 Å². The van der Waals surface area contributed by atoms with Crippen molar-refractivity contribution < 1.29 is 14.0 Å². The summed E-state index contributed by atoms with van der Waals surface area (Å²) < 4.78 is 15.6. The van der Waals surface area contributed by atoms with Crippen molar-refractivity contribution in [2.75, 3.05) is 26.2 Å². The van der Waals surface area contributed by atoms with Gasteiger partial charge in [-0.2, -0.15) is 5.10 Å². The molecule has 162 valence electrons. The van der Waals surface area contributed by atoms with Gasteiger partial charge in [-0.15, -0.1) is 12.4 Å². The van der Waals surface area contributed by atoms with Crippen molar-refractivity contribution in [2.24, 2.45) is 13.0 Å². The molecule has 2 aliphatic heterocycles. The number of nitrogens with zero attached hydrogens (tertiary/aromatic N) is 3. The summed E-state index contributed by atoms with van der Waals surface area (Å²) in [5.41, 5.74) is 1.18. The van der Waals surface area contributed by atoms with Crippen LogP contribution in [0.2, 0.25) is 0 Å². The molecule has 30 heavy (non-hydrogen) atoms. The molecule has 0 unspecified atom stereocenters. The van der Waals surface area contributed by atoms with E-state index in [1.807, 2.05) is 19.4 Å². The number of piperidine rings is 1. The number of benzene rings is 1. The number of carbonyl (C=O) groups excluding carboxylic acids is 2. The summed E-state index contributed by atoms with van der Waals surface area (Å²) in [4.78, 5) is 27.1. The number of likely N-dealkylation sites (tertiary alicyclic amines) is 1. The van der Waals surface area contributed by atoms with E-state index >= 15 is 0 Å². The minimum absolute atomic E-state index is 0. The first-order valence-corrected chi connectivity index (χ1v) is 10.1. The smallest absolute Gasteiger partial charge is 0.256 e. The van der Waals surface area contributed by atoms with E-state index in [-0.39, 0.29) is 47.7 Å². The summed E-state index contributed by atoms with van der Waals surface area (Å²) >= 11 is 0. The highest BCUT2D eigenvalue weighted by Crippen LogP contribution is 2.28. The van der Waals surface area contributed by atoms with Crippen LogP contribution in [0.15, 0.2) is 36.7 Å². The van der Waals surface area contributed by atoms with Gasteiger partial charge in [0.1, 0.15) is 5.82 Å². The molecule has 2 atom stereocenters. The number of aromatic nitrogens is 2. The predicted molar refractivity (Wildman–Crippen MR) is 113 cm³/mol. The Kier molecular flexibility index (Phi) is 7.10. The van der Waals surface area contributed by atoms with Crippen molar-refractivity contribution in [3.05, 3.63) is 53.6 Å². The zero-order valence-electron chi connectivity index (χ0n) is 16.9. The monoisotopic (exact) mass is 435 g/mol. The molecule has 3 heterocycles. The zero-order chi connectivity index (χ0) is 20.4. The molecule has 2 fully saturated rings. The second-order valence-electron chi connectivity index (χ2n) is 7.87. The summed E-state index contributed by atoms with van der Waals surface area (Å²) in [6.07, 6.45) is 5.13. The molecule has 0 radical (unpaired) electrons. The predicted octanol–water partition coefficient (Wildman–Crippen LogP) is 1.70. The van der Waals surface area contributed by atoms with Gasteiger partial charge in [0.2, 0.25) is 5.91 Å². The van der Waals surface area contributed by atoms with Gasteiger partial charge >= 0.3 is 0 Å². The largest absolute Gasteiger partial charge is 0.353 e. The van der Waals surface area contributed by atoms with Crippen molar-refractivity contribution in [2.45, 2.75) is 24.8 Å². The number of hydrogen-bond acceptors (Lipinski definition) is 4. The molecular formula is C21H27ClFN5O2. The third-order valence-corrected chi connectivity index (χ3v) is 5.94. The van der Waals surface area contributed by atoms with E-state index in [4.69, 9.17) is 0 Å². The molecule has 1 aromatic heterocycles. The lowest BCUT2D eigenvalue weighted by Crippen LogP contribution is -2.48. The molecular weight excluding hydrogens is 409 g/mol. The van der Waals surface area contributed by atoms with Crippen LogP contribution >= 0.6 is 12.4 Å². The minimum atomic E-state index is -0.497. The van der Waals surface area contributed by atoms with E-state index in [1.54, 1.807) is 21.7 Å². The number of rotatable bonds is 4. The van der Waals surface area contributed by atoms with Crippen molar-refractivity contribution in [3.8, 4) is 0 Å². The van der Waals surface area contributed by atoms with Gasteiger partial charge in [0.25, 0.3) is 5.91 Å². The highest BCUT2D eigenvalue weighted by molar-refractivity contribution is 5.94. The van der Waals surface area contributed by atoms with E-state index in [9.17, 15) is 14.0 Å². The van der Waals surface area contributed by atoms with Gasteiger partial charge in [0.05, 0.1) is 17.7 Å². The van der Waals surface area contributed by atoms with Gasteiger partial charge in [-0.05, 0) is 30.5 Å². The lowest BCUT2D eigenvalue weighted by atomic mass is 9.89. The Hall–Kier alpha value is -2.45. The van der Waals surface area contributed by atoms with Gasteiger partial charge in [0.15, 0.2) is 0 Å². The van der Waals surface area contributed by atoms with E-state index in [0.29, 0.717) is 32.5 Å². The Balaban J connectivity index is 0.00000256. The first-order valence-electron chi connectivity index (χ1n) is 10.1. The van der Waals surface area contributed by atoms with Crippen LogP contribution in [0.3, 0.4) is 0 Å². The lowest BCUT2D eigenvalue weighted by molar-refractivity contribution is -0.125. The van der Waals surface area contributed by atoms with E-state index in [1.165, 1.54) is 12.1 Å². The molecule has 2 aromatic rings. The number of aryl methyl sites for hydroxylation is 1. The Morgan fingerprint density at radius 1 is 1.20 bits per heavy atom. The zero-order valence-corrected chi connectivity index (χ0v) is 17.7. The molecule has 2 aliphatic rings. The van der Waals surface area contributed by atoms with Crippen molar-refractivity contribution in [1.82, 2.24) is 25.3 Å². The molecule has 0 saturated carbocycles. The fourth-order valence-corrected chi connectivity index (χ4v) is 4.28. The van der Waals surface area contributed by atoms with Crippen molar-refractivity contribution in [1.29, 1.82) is 0 Å². The molecule has 0 spiro atoms. The van der Waals surface area contributed by atoms with Crippen LogP contribution in [0.1, 0.15) is 34.7 Å². The third kappa shape index (κ3) is 4.65. The highest BCUT2D eigenvalue weighted by atomic mass is 35.5. The average Bonchev–Trinajstić information content (AvgIpc) is 3.37. The van der Waals surface area contributed by atoms with E-state index in [0.717, 1.165) is 12.1 Å². The normalized spacial score (nSPS) is 21.9. The molecule has 9 heteroatoms. The maximum absolute atomic E-state index is 13.9. The lowest BCUT2D eigenvalue weighted by Gasteiger charge is -2.33. The second-order valence-corrected chi connectivity index (χ2v) is 7.87. The summed E-state index contributed by atoms with van der Waals surface area (Å²) in [6.45, 7) is 2.43. The van der Waals surface area contributed by atoms with Gasteiger partial charge in [-0.25, -0.2) is 4.39 Å².